The number of ether oxygens (including phenoxy) is 4. The van der Waals surface area contributed by atoms with Gasteiger partial charge in [-0.05, 0) is 44.9 Å². The van der Waals surface area contributed by atoms with Gasteiger partial charge in [0.25, 0.3) is 0 Å². The Bertz CT molecular complexity index is 980. The number of aliphatic hydroxyl groups is 4. The Morgan fingerprint density at radius 1 is 0.574 bits per heavy atom. The molecule has 0 aromatic carbocycles. The first-order valence-electron chi connectivity index (χ1n) is 21.6. The van der Waals surface area contributed by atoms with E-state index in [9.17, 15) is 30.0 Å². The number of aliphatic hydroxyl groups excluding tert-OH is 4. The molecule has 0 aromatic heterocycles. The number of unbranched alkanes of at least 4 members (excludes halogenated alkanes) is 18. The zero-order valence-corrected chi connectivity index (χ0v) is 34.0. The minimum Gasteiger partial charge on any atom is -0.462 e. The van der Waals surface area contributed by atoms with Crippen LogP contribution in [0, 0.1) is 0 Å². The van der Waals surface area contributed by atoms with E-state index in [4.69, 9.17) is 18.9 Å². The van der Waals surface area contributed by atoms with Crippen molar-refractivity contribution in [1.29, 1.82) is 0 Å². The number of hydrogen-bond donors (Lipinski definition) is 4. The third-order valence-corrected chi connectivity index (χ3v) is 9.78. The minimum absolute atomic E-state index is 0.160. The van der Waals surface area contributed by atoms with Crippen LogP contribution in [0.3, 0.4) is 0 Å². The molecule has 10 heteroatoms. The van der Waals surface area contributed by atoms with Crippen LogP contribution in [-0.2, 0) is 28.5 Å². The first-order chi connectivity index (χ1) is 26.3. The molecule has 0 spiro atoms. The van der Waals surface area contributed by atoms with Gasteiger partial charge >= 0.3 is 11.9 Å². The van der Waals surface area contributed by atoms with Crippen molar-refractivity contribution in [1.82, 2.24) is 0 Å². The second-order valence-electron chi connectivity index (χ2n) is 14.8. The number of allylic oxidation sites excluding steroid dienone is 6. The van der Waals surface area contributed by atoms with Crippen LogP contribution in [0.25, 0.3) is 0 Å². The standard InChI is InChI=1S/C44H78O10/c1-3-5-7-9-11-13-15-17-18-19-20-21-23-25-27-29-31-33-40(47)53-37(36-52-44-43(50)42(49)41(48)38(34-45)54-44)35-51-39(46)32-30-28-26-24-22-16-14-12-10-8-6-4-2/h17-18,20-21,25,27,37-38,41-45,48-50H,3-16,19,22-24,26,28-36H2,1-2H3/b18-17+,21-20+,27-25+/t37-,38-,41+,42?,43?,44-/m1/s1. The van der Waals surface area contributed by atoms with Gasteiger partial charge in [0, 0.05) is 12.8 Å². The number of hydrogen-bond acceptors (Lipinski definition) is 10. The Kier molecular flexibility index (Phi) is 32.7. The normalized spacial score (nSPS) is 21.0. The smallest absolute Gasteiger partial charge is 0.306 e. The Labute approximate surface area is 327 Å². The van der Waals surface area contributed by atoms with Crippen LogP contribution >= 0.6 is 0 Å². The molecule has 1 aliphatic heterocycles. The average Bonchev–Trinajstić information content (AvgIpc) is 3.17. The van der Waals surface area contributed by atoms with Gasteiger partial charge < -0.3 is 39.4 Å². The van der Waals surface area contributed by atoms with Gasteiger partial charge in [-0.1, -0.05) is 153 Å². The number of rotatable bonds is 35. The Balaban J connectivity index is 2.40. The van der Waals surface area contributed by atoms with E-state index < -0.39 is 49.4 Å². The van der Waals surface area contributed by atoms with Crippen molar-refractivity contribution in [3.8, 4) is 0 Å². The predicted molar refractivity (Wildman–Crippen MR) is 215 cm³/mol. The molecule has 0 radical (unpaired) electrons. The van der Waals surface area contributed by atoms with Gasteiger partial charge in [-0.3, -0.25) is 9.59 Å². The highest BCUT2D eigenvalue weighted by molar-refractivity contribution is 5.70. The topological polar surface area (TPSA) is 152 Å². The highest BCUT2D eigenvalue weighted by atomic mass is 16.7. The van der Waals surface area contributed by atoms with Gasteiger partial charge in [-0.15, -0.1) is 0 Å². The first-order valence-corrected chi connectivity index (χ1v) is 21.6. The summed E-state index contributed by atoms with van der Waals surface area (Å²) in [5.41, 5.74) is 0. The molecule has 314 valence electrons. The van der Waals surface area contributed by atoms with E-state index in [1.54, 1.807) is 0 Å². The van der Waals surface area contributed by atoms with Crippen LogP contribution in [0.1, 0.15) is 174 Å². The van der Waals surface area contributed by atoms with Crippen LogP contribution in [-0.4, -0.2) is 89.0 Å². The SMILES string of the molecule is CCCCCCCC/C=C/C/C=C/C/C=C/CCCC(=O)O[C@H](COC(=O)CCCCCCCCCCCCCC)CO[C@@H]1O[C@H](CO)[C@H](O)C(O)C1O. The average molecular weight is 767 g/mol. The molecule has 1 aliphatic rings. The van der Waals surface area contributed by atoms with E-state index in [0.717, 1.165) is 38.5 Å². The van der Waals surface area contributed by atoms with Gasteiger partial charge in [0.2, 0.25) is 0 Å². The molecule has 2 unspecified atom stereocenters. The zero-order valence-electron chi connectivity index (χ0n) is 34.0. The highest BCUT2D eigenvalue weighted by Gasteiger charge is 2.44. The monoisotopic (exact) mass is 767 g/mol. The van der Waals surface area contributed by atoms with Crippen LogP contribution < -0.4 is 0 Å². The number of carbonyl (C=O) groups excluding carboxylic acids is 2. The van der Waals surface area contributed by atoms with E-state index in [1.807, 2.05) is 6.08 Å². The molecule has 6 atom stereocenters. The van der Waals surface area contributed by atoms with Crippen molar-refractivity contribution in [2.24, 2.45) is 0 Å². The quantitative estimate of drug-likeness (QED) is 0.0280. The van der Waals surface area contributed by atoms with Crippen molar-refractivity contribution in [2.45, 2.75) is 211 Å². The summed E-state index contributed by atoms with van der Waals surface area (Å²) in [6.07, 6.45) is 31.6. The van der Waals surface area contributed by atoms with E-state index in [1.165, 1.54) is 96.3 Å². The number of carbonyl (C=O) groups is 2. The zero-order chi connectivity index (χ0) is 39.5. The fourth-order valence-electron chi connectivity index (χ4n) is 6.32. The maximum Gasteiger partial charge on any atom is 0.306 e. The molecular formula is C44H78O10. The van der Waals surface area contributed by atoms with Crippen LogP contribution in [0.4, 0.5) is 0 Å². The Morgan fingerprint density at radius 3 is 1.61 bits per heavy atom. The molecule has 1 fully saturated rings. The lowest BCUT2D eigenvalue weighted by Gasteiger charge is -2.39. The van der Waals surface area contributed by atoms with E-state index in [-0.39, 0.29) is 32.0 Å². The van der Waals surface area contributed by atoms with Crippen molar-refractivity contribution in [3.05, 3.63) is 36.5 Å². The van der Waals surface area contributed by atoms with Crippen LogP contribution in [0.15, 0.2) is 36.5 Å². The molecule has 54 heavy (non-hydrogen) atoms. The lowest BCUT2D eigenvalue weighted by molar-refractivity contribution is -0.305. The van der Waals surface area contributed by atoms with Crippen molar-refractivity contribution in [2.75, 3.05) is 19.8 Å². The van der Waals surface area contributed by atoms with Crippen LogP contribution in [0.5, 0.6) is 0 Å². The molecule has 0 bridgehead atoms. The van der Waals surface area contributed by atoms with E-state index >= 15 is 0 Å². The van der Waals surface area contributed by atoms with Crippen LogP contribution in [0.2, 0.25) is 0 Å². The molecule has 4 N–H and O–H groups in total. The second kappa shape index (κ2) is 35.3. The molecule has 0 amide bonds. The summed E-state index contributed by atoms with van der Waals surface area (Å²) in [5, 5.41) is 40.0. The molecule has 0 aliphatic carbocycles. The molecule has 0 saturated carbocycles. The van der Waals surface area contributed by atoms with E-state index in [0.29, 0.717) is 12.8 Å². The Hall–Kier alpha value is -2.08. The molecular weight excluding hydrogens is 688 g/mol. The van der Waals surface area contributed by atoms with Crippen molar-refractivity contribution < 1.29 is 49.0 Å². The third kappa shape index (κ3) is 26.7. The van der Waals surface area contributed by atoms with Gasteiger partial charge in [0.15, 0.2) is 12.4 Å². The molecule has 1 heterocycles. The summed E-state index contributed by atoms with van der Waals surface area (Å²) < 4.78 is 22.1. The number of esters is 2. The van der Waals surface area contributed by atoms with Gasteiger partial charge in [-0.25, -0.2) is 0 Å². The minimum atomic E-state index is -1.60. The molecule has 0 aromatic rings. The van der Waals surface area contributed by atoms with E-state index in [2.05, 4.69) is 44.2 Å². The largest absolute Gasteiger partial charge is 0.462 e. The molecule has 10 nitrogen and oxygen atoms in total. The summed E-state index contributed by atoms with van der Waals surface area (Å²) in [4.78, 5) is 25.2. The highest BCUT2D eigenvalue weighted by Crippen LogP contribution is 2.22. The fourth-order valence-corrected chi connectivity index (χ4v) is 6.32. The summed E-state index contributed by atoms with van der Waals surface area (Å²) in [7, 11) is 0. The summed E-state index contributed by atoms with van der Waals surface area (Å²) >= 11 is 0. The summed E-state index contributed by atoms with van der Waals surface area (Å²) in [6.45, 7) is 3.36. The lowest BCUT2D eigenvalue weighted by Crippen LogP contribution is -2.59. The predicted octanol–water partition coefficient (Wildman–Crippen LogP) is 8.72. The van der Waals surface area contributed by atoms with Crippen molar-refractivity contribution in [3.63, 3.8) is 0 Å². The molecule has 1 saturated heterocycles. The fraction of sp³-hybridized carbons (Fsp3) is 0.818. The third-order valence-electron chi connectivity index (χ3n) is 9.78. The van der Waals surface area contributed by atoms with Gasteiger partial charge in [0.05, 0.1) is 13.2 Å². The van der Waals surface area contributed by atoms with Gasteiger partial charge in [-0.2, -0.15) is 0 Å². The Morgan fingerprint density at radius 2 is 1.06 bits per heavy atom. The lowest BCUT2D eigenvalue weighted by atomic mass is 9.99. The first kappa shape index (κ1) is 49.9. The van der Waals surface area contributed by atoms with Crippen molar-refractivity contribution >= 4 is 11.9 Å². The summed E-state index contributed by atoms with van der Waals surface area (Å²) in [6, 6.07) is 0. The molecule has 1 rings (SSSR count). The maximum atomic E-state index is 12.7. The maximum absolute atomic E-state index is 12.7. The summed E-state index contributed by atoms with van der Waals surface area (Å²) in [5.74, 6) is -0.866. The second-order valence-corrected chi connectivity index (χ2v) is 14.8. The van der Waals surface area contributed by atoms with Gasteiger partial charge in [0.1, 0.15) is 31.0 Å².